The number of aryl methyl sites for hydroxylation is 1. The van der Waals surface area contributed by atoms with E-state index in [0.29, 0.717) is 0 Å². The molecule has 18 heavy (non-hydrogen) atoms. The van der Waals surface area contributed by atoms with Crippen molar-refractivity contribution >= 4 is 15.7 Å². The molecule has 0 radical (unpaired) electrons. The summed E-state index contributed by atoms with van der Waals surface area (Å²) in [6.07, 6.45) is 0. The monoisotopic (exact) mass is 268 g/mol. The summed E-state index contributed by atoms with van der Waals surface area (Å²) >= 11 is 0. The third kappa shape index (κ3) is 3.84. The van der Waals surface area contributed by atoms with Gasteiger partial charge >= 0.3 is 0 Å². The van der Waals surface area contributed by atoms with Crippen LogP contribution in [0.3, 0.4) is 0 Å². The van der Waals surface area contributed by atoms with Crippen molar-refractivity contribution in [3.63, 3.8) is 0 Å². The van der Waals surface area contributed by atoms with Crippen LogP contribution in [0.25, 0.3) is 0 Å². The Morgan fingerprint density at radius 3 is 2.11 bits per heavy atom. The molecular formula is C13H20N2O2S. The van der Waals surface area contributed by atoms with E-state index in [9.17, 15) is 8.42 Å². The number of rotatable bonds is 3. The summed E-state index contributed by atoms with van der Waals surface area (Å²) < 4.78 is 23.9. The first-order chi connectivity index (χ1) is 8.13. The van der Waals surface area contributed by atoms with Crippen LogP contribution in [0.15, 0.2) is 34.3 Å². The molecule has 0 unspecified atom stereocenters. The topological polar surface area (TPSA) is 58.5 Å². The Morgan fingerprint density at radius 2 is 1.67 bits per heavy atom. The summed E-state index contributed by atoms with van der Waals surface area (Å²) in [6, 6.07) is 6.66. The van der Waals surface area contributed by atoms with Crippen LogP contribution >= 0.6 is 0 Å². The van der Waals surface area contributed by atoms with Crippen molar-refractivity contribution in [2.75, 3.05) is 0 Å². The molecule has 0 aliphatic rings. The van der Waals surface area contributed by atoms with E-state index in [1.54, 1.807) is 31.2 Å². The van der Waals surface area contributed by atoms with Gasteiger partial charge in [0.05, 0.1) is 4.90 Å². The van der Waals surface area contributed by atoms with Gasteiger partial charge in [-0.05, 0) is 26.0 Å². The summed E-state index contributed by atoms with van der Waals surface area (Å²) in [7, 11) is -3.57. The van der Waals surface area contributed by atoms with E-state index >= 15 is 0 Å². The van der Waals surface area contributed by atoms with E-state index in [4.69, 9.17) is 0 Å². The highest BCUT2D eigenvalue weighted by molar-refractivity contribution is 7.89. The minimum Gasteiger partial charge on any atom is -0.200 e. The second-order valence-electron chi connectivity index (χ2n) is 5.35. The van der Waals surface area contributed by atoms with E-state index < -0.39 is 10.0 Å². The van der Waals surface area contributed by atoms with Gasteiger partial charge in [-0.2, -0.15) is 13.5 Å². The SMILES string of the molecule is C/C(=N\NS(=O)(=O)c1ccc(C)cc1)C(C)(C)C. The smallest absolute Gasteiger partial charge is 0.200 e. The fourth-order valence-electron chi connectivity index (χ4n) is 1.07. The first-order valence-electron chi connectivity index (χ1n) is 5.76. The molecular weight excluding hydrogens is 248 g/mol. The fraction of sp³-hybridized carbons (Fsp3) is 0.462. The molecule has 4 nitrogen and oxygen atoms in total. The summed E-state index contributed by atoms with van der Waals surface area (Å²) in [5.41, 5.74) is 1.59. The molecule has 0 saturated carbocycles. The average Bonchev–Trinajstić information content (AvgIpc) is 2.25. The lowest BCUT2D eigenvalue weighted by molar-refractivity contribution is 0.571. The molecule has 5 heteroatoms. The zero-order valence-electron chi connectivity index (χ0n) is 11.5. The normalized spacial score (nSPS) is 13.5. The largest absolute Gasteiger partial charge is 0.276 e. The molecule has 0 heterocycles. The number of hydrazone groups is 1. The van der Waals surface area contributed by atoms with Crippen LogP contribution in [0.4, 0.5) is 0 Å². The molecule has 1 N–H and O–H groups in total. The van der Waals surface area contributed by atoms with Gasteiger partial charge in [0.2, 0.25) is 0 Å². The molecule has 0 aliphatic heterocycles. The highest BCUT2D eigenvalue weighted by Gasteiger charge is 2.17. The number of hydrogen-bond donors (Lipinski definition) is 1. The van der Waals surface area contributed by atoms with E-state index in [-0.39, 0.29) is 10.3 Å². The first-order valence-corrected chi connectivity index (χ1v) is 7.24. The molecule has 0 atom stereocenters. The number of hydrogen-bond acceptors (Lipinski definition) is 3. The van der Waals surface area contributed by atoms with E-state index in [2.05, 4.69) is 9.93 Å². The Kier molecular flexibility index (Phi) is 4.16. The summed E-state index contributed by atoms with van der Waals surface area (Å²) in [5, 5.41) is 3.94. The lowest BCUT2D eigenvalue weighted by Crippen LogP contribution is -2.24. The quantitative estimate of drug-likeness (QED) is 0.677. The van der Waals surface area contributed by atoms with Crippen LogP contribution in [-0.2, 0) is 10.0 Å². The second kappa shape index (κ2) is 5.10. The van der Waals surface area contributed by atoms with Crippen molar-refractivity contribution in [1.82, 2.24) is 4.83 Å². The van der Waals surface area contributed by atoms with Gasteiger partial charge in [-0.3, -0.25) is 0 Å². The highest BCUT2D eigenvalue weighted by atomic mass is 32.2. The molecule has 0 spiro atoms. The lowest BCUT2D eigenvalue weighted by atomic mass is 9.91. The van der Waals surface area contributed by atoms with Crippen molar-refractivity contribution in [3.8, 4) is 0 Å². The van der Waals surface area contributed by atoms with Crippen LogP contribution in [-0.4, -0.2) is 14.1 Å². The molecule has 100 valence electrons. The van der Waals surface area contributed by atoms with Gasteiger partial charge in [0.1, 0.15) is 0 Å². The molecule has 0 aliphatic carbocycles. The van der Waals surface area contributed by atoms with Gasteiger partial charge in [0.25, 0.3) is 10.0 Å². The van der Waals surface area contributed by atoms with Crippen LogP contribution in [0, 0.1) is 12.3 Å². The minimum atomic E-state index is -3.57. The zero-order valence-corrected chi connectivity index (χ0v) is 12.3. The Hall–Kier alpha value is -1.36. The van der Waals surface area contributed by atoms with Gasteiger partial charge in [-0.25, -0.2) is 4.83 Å². The van der Waals surface area contributed by atoms with Crippen molar-refractivity contribution in [3.05, 3.63) is 29.8 Å². The van der Waals surface area contributed by atoms with Gasteiger partial charge in [-0.1, -0.05) is 38.5 Å². The second-order valence-corrected chi connectivity index (χ2v) is 7.02. The fourth-order valence-corrected chi connectivity index (χ4v) is 1.92. The molecule has 1 rings (SSSR count). The number of nitrogens with one attached hydrogen (secondary N) is 1. The Balaban J connectivity index is 2.94. The maximum atomic E-state index is 12.0. The molecule has 0 bridgehead atoms. The maximum absolute atomic E-state index is 12.0. The molecule has 1 aromatic rings. The predicted octanol–water partition coefficient (Wildman–Crippen LogP) is 2.70. The van der Waals surface area contributed by atoms with Crippen LogP contribution in [0.2, 0.25) is 0 Å². The van der Waals surface area contributed by atoms with Crippen molar-refractivity contribution in [2.24, 2.45) is 10.5 Å². The van der Waals surface area contributed by atoms with Gasteiger partial charge in [0.15, 0.2) is 0 Å². The predicted molar refractivity (Wildman–Crippen MR) is 74.1 cm³/mol. The Labute approximate surface area is 109 Å². The standard InChI is InChI=1S/C13H20N2O2S/c1-10-6-8-12(9-7-10)18(16,17)15-14-11(2)13(3,4)5/h6-9,15H,1-5H3/b14-11+. The van der Waals surface area contributed by atoms with Crippen molar-refractivity contribution < 1.29 is 8.42 Å². The molecule has 0 aromatic heterocycles. The highest BCUT2D eigenvalue weighted by Crippen LogP contribution is 2.16. The van der Waals surface area contributed by atoms with E-state index in [0.717, 1.165) is 11.3 Å². The maximum Gasteiger partial charge on any atom is 0.276 e. The van der Waals surface area contributed by atoms with Gasteiger partial charge in [-0.15, -0.1) is 0 Å². The summed E-state index contributed by atoms with van der Waals surface area (Å²) in [5.74, 6) is 0. The van der Waals surface area contributed by atoms with E-state index in [1.165, 1.54) is 0 Å². The van der Waals surface area contributed by atoms with Crippen LogP contribution in [0.1, 0.15) is 33.3 Å². The lowest BCUT2D eigenvalue weighted by Gasteiger charge is -2.17. The third-order valence-electron chi connectivity index (χ3n) is 2.75. The third-order valence-corrected chi connectivity index (χ3v) is 3.97. The number of benzene rings is 1. The van der Waals surface area contributed by atoms with E-state index in [1.807, 2.05) is 27.7 Å². The van der Waals surface area contributed by atoms with Crippen LogP contribution in [0.5, 0.6) is 0 Å². The average molecular weight is 268 g/mol. The van der Waals surface area contributed by atoms with Gasteiger partial charge in [0, 0.05) is 11.1 Å². The first kappa shape index (κ1) is 14.7. The summed E-state index contributed by atoms with van der Waals surface area (Å²) in [4.78, 5) is 2.48. The van der Waals surface area contributed by atoms with Crippen molar-refractivity contribution in [2.45, 2.75) is 39.5 Å². The van der Waals surface area contributed by atoms with Crippen LogP contribution < -0.4 is 4.83 Å². The molecule has 0 amide bonds. The molecule has 0 saturated heterocycles. The molecule has 1 aromatic carbocycles. The summed E-state index contributed by atoms with van der Waals surface area (Å²) in [6.45, 7) is 9.65. The number of nitrogens with zero attached hydrogens (tertiary/aromatic N) is 1. The molecule has 0 fully saturated rings. The zero-order chi connectivity index (χ0) is 14.0. The Morgan fingerprint density at radius 1 is 1.17 bits per heavy atom. The van der Waals surface area contributed by atoms with Gasteiger partial charge < -0.3 is 0 Å². The Bertz CT molecular complexity index is 537. The van der Waals surface area contributed by atoms with Crippen molar-refractivity contribution in [1.29, 1.82) is 0 Å². The minimum absolute atomic E-state index is 0.157. The number of sulfonamides is 1.